The van der Waals surface area contributed by atoms with Gasteiger partial charge in [0.25, 0.3) is 0 Å². The number of carboxylic acid groups (broad SMARTS) is 2. The number of carbonyl (C=O) groups is 3. The average Bonchev–Trinajstić information content (AvgIpc) is 2.37. The van der Waals surface area contributed by atoms with Crippen LogP contribution in [0.5, 0.6) is 5.75 Å². The van der Waals surface area contributed by atoms with Gasteiger partial charge in [0, 0.05) is 12.1 Å². The summed E-state index contributed by atoms with van der Waals surface area (Å²) in [5.74, 6) is -4.04. The number of Topliss-reactive ketones (excluding diaryl/α,β-unsaturated/α-hetero) is 1. The van der Waals surface area contributed by atoms with Crippen LogP contribution in [0, 0.1) is 0 Å². The summed E-state index contributed by atoms with van der Waals surface area (Å²) in [6.07, 6.45) is -0.455. The number of carboxylic acids is 2. The molecular weight excluding hydrogens is 304 g/mol. The smallest absolute Gasteiger partial charge is 0.340 e. The molecule has 1 rings (SSSR count). The number of benzene rings is 1. The molecule has 0 amide bonds. The number of aromatic hydroxyl groups is 1. The molecule has 0 aliphatic carbocycles. The van der Waals surface area contributed by atoms with E-state index < -0.39 is 35.1 Å². The normalized spacial score (nSPS) is 11.3. The minimum absolute atomic E-state index is 0. The van der Waals surface area contributed by atoms with E-state index in [0.29, 0.717) is 0 Å². The van der Waals surface area contributed by atoms with Crippen molar-refractivity contribution >= 4 is 35.8 Å². The number of rotatable bonds is 6. The summed E-state index contributed by atoms with van der Waals surface area (Å²) in [5, 5.41) is 27.1. The van der Waals surface area contributed by atoms with Gasteiger partial charge in [0.05, 0.1) is 5.56 Å². The lowest BCUT2D eigenvalue weighted by Crippen LogP contribution is -2.30. The number of aromatic carboxylic acids is 1. The largest absolute Gasteiger partial charge is 0.507 e. The molecule has 0 unspecified atom stereocenters. The zero-order valence-corrected chi connectivity index (χ0v) is 11.6. The fourth-order valence-corrected chi connectivity index (χ4v) is 1.66. The Kier molecular flexibility index (Phi) is 6.64. The molecule has 0 bridgehead atoms. The van der Waals surface area contributed by atoms with Crippen molar-refractivity contribution in [1.82, 2.24) is 0 Å². The molecule has 0 aliphatic heterocycles. The summed E-state index contributed by atoms with van der Waals surface area (Å²) in [7, 11) is 0. The van der Waals surface area contributed by atoms with Crippen LogP contribution in [0.2, 0.25) is 0 Å². The van der Waals surface area contributed by atoms with Crippen molar-refractivity contribution in [2.24, 2.45) is 5.73 Å². The van der Waals surface area contributed by atoms with Crippen molar-refractivity contribution in [3.63, 3.8) is 0 Å². The second-order valence-corrected chi connectivity index (χ2v) is 4.14. The average molecular weight is 319 g/mol. The SMILES string of the molecule is Cl.Nc1ccc(O)c(C(=O)O)c1C(=O)CC[C@H](N)C(=O)O. The molecule has 1 aromatic rings. The highest BCUT2D eigenvalue weighted by Crippen LogP contribution is 2.28. The minimum Gasteiger partial charge on any atom is -0.507 e. The second-order valence-electron chi connectivity index (χ2n) is 4.14. The highest BCUT2D eigenvalue weighted by Gasteiger charge is 2.24. The Morgan fingerprint density at radius 2 is 1.71 bits per heavy atom. The highest BCUT2D eigenvalue weighted by atomic mass is 35.5. The maximum atomic E-state index is 12.0. The Hall–Kier alpha value is -2.32. The van der Waals surface area contributed by atoms with E-state index in [9.17, 15) is 19.5 Å². The fraction of sp³-hybridized carbons (Fsp3) is 0.250. The summed E-state index contributed by atoms with van der Waals surface area (Å²) < 4.78 is 0. The Morgan fingerprint density at radius 1 is 1.14 bits per heavy atom. The van der Waals surface area contributed by atoms with Crippen LogP contribution in [0.4, 0.5) is 5.69 Å². The van der Waals surface area contributed by atoms with Crippen LogP contribution in [-0.2, 0) is 4.79 Å². The van der Waals surface area contributed by atoms with Gasteiger partial charge in [-0.2, -0.15) is 0 Å². The Balaban J connectivity index is 0.00000400. The van der Waals surface area contributed by atoms with E-state index in [0.717, 1.165) is 6.07 Å². The highest BCUT2D eigenvalue weighted by molar-refractivity contribution is 6.11. The molecule has 0 aliphatic rings. The molecule has 0 aromatic heterocycles. The van der Waals surface area contributed by atoms with E-state index in [2.05, 4.69) is 0 Å². The van der Waals surface area contributed by atoms with Crippen molar-refractivity contribution < 1.29 is 29.7 Å². The number of nitrogens with two attached hydrogens (primary N) is 2. The maximum Gasteiger partial charge on any atom is 0.340 e. The molecule has 7 N–H and O–H groups in total. The molecule has 0 saturated heterocycles. The van der Waals surface area contributed by atoms with Gasteiger partial charge in [-0.1, -0.05) is 0 Å². The van der Waals surface area contributed by atoms with E-state index in [1.165, 1.54) is 6.07 Å². The number of nitrogen functional groups attached to an aromatic ring is 1. The van der Waals surface area contributed by atoms with Crippen LogP contribution in [0.1, 0.15) is 33.6 Å². The molecule has 9 heteroatoms. The standard InChI is InChI=1S/C12H14N2O6.ClH/c13-5-1-3-8(16)10(12(19)20)9(5)7(15)4-2-6(14)11(17)18;/h1,3,6,16H,2,4,13-14H2,(H,17,18)(H,19,20);1H/t6-;/m0./s1. The van der Waals surface area contributed by atoms with E-state index in [-0.39, 0.29) is 36.5 Å². The van der Waals surface area contributed by atoms with Crippen molar-refractivity contribution in [3.05, 3.63) is 23.3 Å². The molecule has 0 spiro atoms. The topological polar surface area (TPSA) is 164 Å². The number of hydrogen-bond acceptors (Lipinski definition) is 6. The number of ketones is 1. The van der Waals surface area contributed by atoms with Crippen LogP contribution in [0.25, 0.3) is 0 Å². The van der Waals surface area contributed by atoms with E-state index >= 15 is 0 Å². The first-order valence-electron chi connectivity index (χ1n) is 5.62. The molecule has 1 atom stereocenters. The predicted octanol–water partition coefficient (Wildman–Crippen LogP) is 0.469. The lowest BCUT2D eigenvalue weighted by molar-refractivity contribution is -0.138. The zero-order valence-electron chi connectivity index (χ0n) is 10.8. The molecule has 21 heavy (non-hydrogen) atoms. The molecule has 116 valence electrons. The fourth-order valence-electron chi connectivity index (χ4n) is 1.66. The molecular formula is C12H15ClN2O6. The van der Waals surface area contributed by atoms with Crippen molar-refractivity contribution in [1.29, 1.82) is 0 Å². The molecule has 0 heterocycles. The molecule has 0 saturated carbocycles. The summed E-state index contributed by atoms with van der Waals surface area (Å²) in [4.78, 5) is 33.6. The Morgan fingerprint density at radius 3 is 2.19 bits per heavy atom. The van der Waals surface area contributed by atoms with Crippen LogP contribution in [-0.4, -0.2) is 39.1 Å². The van der Waals surface area contributed by atoms with E-state index in [1.807, 2.05) is 0 Å². The van der Waals surface area contributed by atoms with Crippen LogP contribution in [0.3, 0.4) is 0 Å². The molecule has 8 nitrogen and oxygen atoms in total. The number of aliphatic carboxylic acids is 1. The first kappa shape index (κ1) is 18.7. The number of anilines is 1. The van der Waals surface area contributed by atoms with Gasteiger partial charge >= 0.3 is 11.9 Å². The van der Waals surface area contributed by atoms with Crippen LogP contribution >= 0.6 is 12.4 Å². The summed E-state index contributed by atoms with van der Waals surface area (Å²) in [6, 6.07) is 1.04. The molecule has 0 radical (unpaired) electrons. The van der Waals surface area contributed by atoms with Gasteiger partial charge in [-0.3, -0.25) is 9.59 Å². The van der Waals surface area contributed by atoms with Gasteiger partial charge < -0.3 is 26.8 Å². The second kappa shape index (κ2) is 7.46. The lowest BCUT2D eigenvalue weighted by atomic mass is 9.96. The Bertz CT molecular complexity index is 575. The van der Waals surface area contributed by atoms with Gasteiger partial charge in [0.2, 0.25) is 0 Å². The number of phenols is 1. The molecule has 1 aromatic carbocycles. The number of halogens is 1. The monoisotopic (exact) mass is 318 g/mol. The first-order chi connectivity index (χ1) is 9.25. The minimum atomic E-state index is -1.50. The predicted molar refractivity (Wildman–Crippen MR) is 75.9 cm³/mol. The molecule has 0 fully saturated rings. The van der Waals surface area contributed by atoms with Crippen LogP contribution < -0.4 is 11.5 Å². The summed E-state index contributed by atoms with van der Waals surface area (Å²) >= 11 is 0. The number of hydrogen-bond donors (Lipinski definition) is 5. The van der Waals surface area contributed by atoms with E-state index in [1.54, 1.807) is 0 Å². The first-order valence-corrected chi connectivity index (χ1v) is 5.62. The van der Waals surface area contributed by atoms with Gasteiger partial charge in [0.1, 0.15) is 17.4 Å². The van der Waals surface area contributed by atoms with Gasteiger partial charge in [0.15, 0.2) is 5.78 Å². The maximum absolute atomic E-state index is 12.0. The van der Waals surface area contributed by atoms with Crippen molar-refractivity contribution in [2.75, 3.05) is 5.73 Å². The van der Waals surface area contributed by atoms with Gasteiger partial charge in [-0.15, -0.1) is 12.4 Å². The van der Waals surface area contributed by atoms with Crippen molar-refractivity contribution in [3.8, 4) is 5.75 Å². The van der Waals surface area contributed by atoms with E-state index in [4.69, 9.17) is 21.7 Å². The van der Waals surface area contributed by atoms with Gasteiger partial charge in [-0.25, -0.2) is 4.79 Å². The zero-order chi connectivity index (χ0) is 15.4. The summed E-state index contributed by atoms with van der Waals surface area (Å²) in [5.41, 5.74) is 9.77. The summed E-state index contributed by atoms with van der Waals surface area (Å²) in [6.45, 7) is 0. The van der Waals surface area contributed by atoms with Gasteiger partial charge in [-0.05, 0) is 18.6 Å². The number of carbonyl (C=O) groups excluding carboxylic acids is 1. The lowest BCUT2D eigenvalue weighted by Gasteiger charge is -2.11. The quantitative estimate of drug-likeness (QED) is 0.287. The van der Waals surface area contributed by atoms with Crippen LogP contribution in [0.15, 0.2) is 12.1 Å². The third-order valence-electron chi connectivity index (χ3n) is 2.71. The Labute approximate surface area is 125 Å². The third-order valence-corrected chi connectivity index (χ3v) is 2.71. The van der Waals surface area contributed by atoms with Crippen molar-refractivity contribution in [2.45, 2.75) is 18.9 Å². The third kappa shape index (κ3) is 4.33.